The lowest BCUT2D eigenvalue weighted by molar-refractivity contribution is -0.0626. The van der Waals surface area contributed by atoms with Gasteiger partial charge in [-0.05, 0) is 19.4 Å². The van der Waals surface area contributed by atoms with Gasteiger partial charge in [-0.3, -0.25) is 4.90 Å². The first kappa shape index (κ1) is 22.0. The van der Waals surface area contributed by atoms with Crippen LogP contribution in [-0.2, 0) is 20.8 Å². The van der Waals surface area contributed by atoms with E-state index in [2.05, 4.69) is 5.32 Å². The third-order valence-electron chi connectivity index (χ3n) is 4.57. The van der Waals surface area contributed by atoms with Crippen molar-refractivity contribution in [1.29, 1.82) is 0 Å². The molecule has 29 heavy (non-hydrogen) atoms. The number of carbonyl (C=O) groups excluding carboxylic acids is 2. The fourth-order valence-corrected chi connectivity index (χ4v) is 3.58. The minimum absolute atomic E-state index is 0.125. The van der Waals surface area contributed by atoms with E-state index in [0.29, 0.717) is 0 Å². The standard InChI is InChI=1S/C19H21Cl3N2O5/c1-18(2)24(17(26)27-10-12-6-4-3-5-7-12)15-13(8-9-14(15)29-18)23-16(25)28-11-19(20,21)22/h3-9,13-15H,10-11H2,1-2H3,(H,23,25)/t13-,14-,15+/m1/s1. The van der Waals surface area contributed by atoms with Crippen molar-refractivity contribution in [3.63, 3.8) is 0 Å². The average molecular weight is 464 g/mol. The summed E-state index contributed by atoms with van der Waals surface area (Å²) < 4.78 is 14.7. The molecule has 1 aromatic carbocycles. The molecule has 2 aliphatic rings. The molecule has 10 heteroatoms. The molecule has 3 atom stereocenters. The number of hydrogen-bond acceptors (Lipinski definition) is 5. The van der Waals surface area contributed by atoms with Crippen LogP contribution in [0.3, 0.4) is 0 Å². The van der Waals surface area contributed by atoms with Gasteiger partial charge in [-0.1, -0.05) is 77.3 Å². The van der Waals surface area contributed by atoms with Gasteiger partial charge in [-0.25, -0.2) is 9.59 Å². The van der Waals surface area contributed by atoms with Crippen molar-refractivity contribution < 1.29 is 23.8 Å². The molecule has 1 aliphatic carbocycles. The summed E-state index contributed by atoms with van der Waals surface area (Å²) in [6.45, 7) is 3.25. The summed E-state index contributed by atoms with van der Waals surface area (Å²) in [6.07, 6.45) is 1.81. The van der Waals surface area contributed by atoms with E-state index in [4.69, 9.17) is 49.0 Å². The molecule has 1 heterocycles. The third kappa shape index (κ3) is 5.48. The monoisotopic (exact) mass is 462 g/mol. The van der Waals surface area contributed by atoms with Gasteiger partial charge < -0.3 is 19.5 Å². The average Bonchev–Trinajstić information content (AvgIpc) is 3.12. The van der Waals surface area contributed by atoms with E-state index in [1.807, 2.05) is 30.3 Å². The molecule has 1 N–H and O–H groups in total. The summed E-state index contributed by atoms with van der Waals surface area (Å²) in [5, 5.41) is 2.67. The van der Waals surface area contributed by atoms with E-state index in [1.165, 1.54) is 4.90 Å². The van der Waals surface area contributed by atoms with Crippen LogP contribution in [0.2, 0.25) is 0 Å². The number of hydrogen-bond donors (Lipinski definition) is 1. The van der Waals surface area contributed by atoms with Gasteiger partial charge in [-0.2, -0.15) is 0 Å². The Balaban J connectivity index is 1.66. The molecule has 158 valence electrons. The second-order valence-electron chi connectivity index (χ2n) is 7.18. The number of amides is 2. The van der Waals surface area contributed by atoms with Crippen LogP contribution in [0.1, 0.15) is 19.4 Å². The van der Waals surface area contributed by atoms with Crippen LogP contribution < -0.4 is 5.32 Å². The Morgan fingerprint density at radius 1 is 1.17 bits per heavy atom. The summed E-state index contributed by atoms with van der Waals surface area (Å²) in [7, 11) is 0. The summed E-state index contributed by atoms with van der Waals surface area (Å²) in [5.41, 5.74) is -0.0558. The lowest BCUT2D eigenvalue weighted by Crippen LogP contribution is -2.55. The SMILES string of the molecule is CC1(C)O[C@@H]2C=C[C@@H](NC(=O)OCC(Cl)(Cl)Cl)[C@@H]2N1C(=O)OCc1ccccc1. The number of benzene rings is 1. The Hall–Kier alpha value is -1.67. The van der Waals surface area contributed by atoms with Gasteiger partial charge in [0.05, 0.1) is 12.1 Å². The quantitative estimate of drug-likeness (QED) is 0.536. The highest BCUT2D eigenvalue weighted by Gasteiger charge is 2.54. The van der Waals surface area contributed by atoms with Crippen LogP contribution in [0.25, 0.3) is 0 Å². The van der Waals surface area contributed by atoms with Gasteiger partial charge in [-0.15, -0.1) is 0 Å². The van der Waals surface area contributed by atoms with E-state index < -0.39 is 46.5 Å². The Morgan fingerprint density at radius 3 is 2.52 bits per heavy atom. The fourth-order valence-electron chi connectivity index (χ4n) is 3.42. The molecule has 7 nitrogen and oxygen atoms in total. The van der Waals surface area contributed by atoms with Crippen LogP contribution in [0.4, 0.5) is 9.59 Å². The molecule has 1 aliphatic heterocycles. The van der Waals surface area contributed by atoms with E-state index in [1.54, 1.807) is 26.0 Å². The Morgan fingerprint density at radius 2 is 1.86 bits per heavy atom. The number of nitrogens with zero attached hydrogens (tertiary/aromatic N) is 1. The lowest BCUT2D eigenvalue weighted by Gasteiger charge is -2.34. The molecule has 1 fully saturated rings. The number of carbonyl (C=O) groups is 2. The van der Waals surface area contributed by atoms with Gasteiger partial charge in [0.2, 0.25) is 3.79 Å². The molecule has 1 saturated heterocycles. The molecule has 1 aromatic rings. The maximum atomic E-state index is 12.9. The zero-order chi connectivity index (χ0) is 21.2. The Kier molecular flexibility index (Phi) is 6.53. The number of rotatable bonds is 4. The number of halogens is 3. The van der Waals surface area contributed by atoms with Crippen molar-refractivity contribution in [2.75, 3.05) is 6.61 Å². The largest absolute Gasteiger partial charge is 0.445 e. The fraction of sp³-hybridized carbons (Fsp3) is 0.474. The molecule has 0 spiro atoms. The van der Waals surface area contributed by atoms with Crippen LogP contribution in [0.5, 0.6) is 0 Å². The molecule has 2 amide bonds. The Bertz CT molecular complexity index is 782. The number of nitrogens with one attached hydrogen (secondary N) is 1. The predicted octanol–water partition coefficient (Wildman–Crippen LogP) is 4.16. The van der Waals surface area contributed by atoms with Crippen molar-refractivity contribution >= 4 is 47.0 Å². The maximum absolute atomic E-state index is 12.9. The first-order chi connectivity index (χ1) is 13.6. The van der Waals surface area contributed by atoms with Gasteiger partial charge in [0, 0.05) is 0 Å². The van der Waals surface area contributed by atoms with E-state index in [-0.39, 0.29) is 6.61 Å². The van der Waals surface area contributed by atoms with Crippen molar-refractivity contribution in [3.8, 4) is 0 Å². The van der Waals surface area contributed by atoms with Crippen molar-refractivity contribution in [1.82, 2.24) is 10.2 Å². The second kappa shape index (κ2) is 8.60. The molecule has 0 radical (unpaired) electrons. The first-order valence-corrected chi connectivity index (χ1v) is 10.1. The van der Waals surface area contributed by atoms with Gasteiger partial charge >= 0.3 is 12.2 Å². The number of fused-ring (bicyclic) bond motifs is 1. The number of alkyl halides is 3. The third-order valence-corrected chi connectivity index (χ3v) is 4.90. The summed E-state index contributed by atoms with van der Waals surface area (Å²) in [5.74, 6) is 0. The number of ether oxygens (including phenoxy) is 3. The van der Waals surface area contributed by atoms with E-state index in [9.17, 15) is 9.59 Å². The lowest BCUT2D eigenvalue weighted by atomic mass is 10.1. The van der Waals surface area contributed by atoms with Crippen LogP contribution in [0.15, 0.2) is 42.5 Å². The molecular weight excluding hydrogens is 443 g/mol. The zero-order valence-corrected chi connectivity index (χ0v) is 18.1. The molecule has 0 saturated carbocycles. The van der Waals surface area contributed by atoms with Crippen LogP contribution in [-0.4, -0.2) is 51.4 Å². The normalized spacial score (nSPS) is 24.9. The van der Waals surface area contributed by atoms with E-state index >= 15 is 0 Å². The van der Waals surface area contributed by atoms with Gasteiger partial charge in [0.25, 0.3) is 0 Å². The van der Waals surface area contributed by atoms with Crippen LogP contribution in [0, 0.1) is 0 Å². The predicted molar refractivity (Wildman–Crippen MR) is 109 cm³/mol. The molecule has 0 bridgehead atoms. The minimum Gasteiger partial charge on any atom is -0.445 e. The first-order valence-electron chi connectivity index (χ1n) is 8.93. The number of alkyl carbamates (subject to hydrolysis) is 1. The Labute approximate surface area is 183 Å². The van der Waals surface area contributed by atoms with Gasteiger partial charge in [0.1, 0.15) is 25.0 Å². The van der Waals surface area contributed by atoms with E-state index in [0.717, 1.165) is 5.56 Å². The van der Waals surface area contributed by atoms with Crippen molar-refractivity contribution in [3.05, 3.63) is 48.0 Å². The van der Waals surface area contributed by atoms with Crippen LogP contribution >= 0.6 is 34.8 Å². The summed E-state index contributed by atoms with van der Waals surface area (Å²) in [6, 6.07) is 8.31. The van der Waals surface area contributed by atoms with Gasteiger partial charge in [0.15, 0.2) is 0 Å². The molecular formula is C19H21Cl3N2O5. The van der Waals surface area contributed by atoms with Crippen molar-refractivity contribution in [2.45, 2.75) is 48.2 Å². The zero-order valence-electron chi connectivity index (χ0n) is 15.8. The maximum Gasteiger partial charge on any atom is 0.412 e. The molecule has 0 unspecified atom stereocenters. The molecule has 3 rings (SSSR count). The summed E-state index contributed by atoms with van der Waals surface area (Å²) in [4.78, 5) is 26.4. The highest BCUT2D eigenvalue weighted by Crippen LogP contribution is 2.38. The topological polar surface area (TPSA) is 77.1 Å². The highest BCUT2D eigenvalue weighted by atomic mass is 35.6. The molecule has 0 aromatic heterocycles. The van der Waals surface area contributed by atoms with Crippen molar-refractivity contribution in [2.24, 2.45) is 0 Å². The second-order valence-corrected chi connectivity index (χ2v) is 9.69. The minimum atomic E-state index is -1.71. The highest BCUT2D eigenvalue weighted by molar-refractivity contribution is 6.67. The summed E-state index contributed by atoms with van der Waals surface area (Å²) >= 11 is 16.8. The smallest absolute Gasteiger partial charge is 0.412 e.